The monoisotopic (exact) mass is 281 g/mol. The van der Waals surface area contributed by atoms with Crippen LogP contribution in [-0.2, 0) is 9.59 Å². The van der Waals surface area contributed by atoms with Crippen molar-refractivity contribution in [2.45, 2.75) is 38.6 Å². The zero-order chi connectivity index (χ0) is 13.8. The van der Waals surface area contributed by atoms with E-state index in [-0.39, 0.29) is 24.3 Å². The fourth-order valence-corrected chi connectivity index (χ4v) is 3.37. The summed E-state index contributed by atoms with van der Waals surface area (Å²) < 4.78 is 0. The number of hydrogen-bond donors (Lipinski definition) is 1. The van der Waals surface area contributed by atoms with Crippen molar-refractivity contribution >= 4 is 23.2 Å². The lowest BCUT2D eigenvalue weighted by atomic mass is 10.0. The van der Waals surface area contributed by atoms with Crippen LogP contribution in [0.25, 0.3) is 0 Å². The van der Waals surface area contributed by atoms with E-state index >= 15 is 0 Å². The van der Waals surface area contributed by atoms with Gasteiger partial charge in [0.05, 0.1) is 6.04 Å². The number of nitrogens with zero attached hydrogens (tertiary/aromatic N) is 1. The predicted octanol–water partition coefficient (Wildman–Crippen LogP) is 2.91. The molecule has 19 heavy (non-hydrogen) atoms. The van der Waals surface area contributed by atoms with Crippen molar-refractivity contribution in [2.75, 3.05) is 6.54 Å². The second kappa shape index (κ2) is 6.19. The smallest absolute Gasteiger partial charge is 0.303 e. The molecule has 0 radical (unpaired) electrons. The van der Waals surface area contributed by atoms with Crippen LogP contribution in [0.4, 0.5) is 0 Å². The summed E-state index contributed by atoms with van der Waals surface area (Å²) in [6.07, 6.45) is 2.42. The molecule has 0 spiro atoms. The summed E-state index contributed by atoms with van der Waals surface area (Å²) in [5, 5.41) is 12.9. The third-order valence-electron chi connectivity index (χ3n) is 3.55. The molecule has 1 amide bonds. The van der Waals surface area contributed by atoms with Crippen LogP contribution < -0.4 is 0 Å². The summed E-state index contributed by atoms with van der Waals surface area (Å²) in [6, 6.07) is 2.26. The quantitative estimate of drug-likeness (QED) is 0.902. The van der Waals surface area contributed by atoms with Gasteiger partial charge in [-0.25, -0.2) is 0 Å². The lowest BCUT2D eigenvalue weighted by Gasteiger charge is -2.25. The maximum Gasteiger partial charge on any atom is 0.303 e. The highest BCUT2D eigenvalue weighted by Crippen LogP contribution is 2.33. The van der Waals surface area contributed by atoms with Crippen LogP contribution in [0, 0.1) is 5.92 Å². The number of aliphatic carboxylic acids is 1. The van der Waals surface area contributed by atoms with E-state index in [9.17, 15) is 9.59 Å². The van der Waals surface area contributed by atoms with E-state index in [1.807, 2.05) is 17.2 Å². The molecule has 1 aromatic rings. The van der Waals surface area contributed by atoms with E-state index in [2.05, 4.69) is 11.4 Å². The molecule has 0 bridgehead atoms. The fraction of sp³-hybridized carbons (Fsp3) is 0.571. The van der Waals surface area contributed by atoms with Crippen molar-refractivity contribution in [1.29, 1.82) is 0 Å². The molecular weight excluding hydrogens is 262 g/mol. The molecule has 1 N–H and O–H groups in total. The van der Waals surface area contributed by atoms with Crippen LogP contribution in [0.5, 0.6) is 0 Å². The van der Waals surface area contributed by atoms with Gasteiger partial charge in [-0.05, 0) is 41.1 Å². The first kappa shape index (κ1) is 14.1. The fourth-order valence-electron chi connectivity index (χ4n) is 2.66. The molecular formula is C14H19NO3S. The molecule has 4 nitrogen and oxygen atoms in total. The Hall–Kier alpha value is -1.36. The van der Waals surface area contributed by atoms with Crippen molar-refractivity contribution in [1.82, 2.24) is 4.90 Å². The first-order valence-electron chi connectivity index (χ1n) is 6.61. The second-order valence-electron chi connectivity index (χ2n) is 5.21. The standard InChI is InChI=1S/C14H19NO3S/c1-10(8-14(17)18)7-13(16)15-5-2-3-12(15)11-4-6-19-9-11/h4,6,9-10,12H,2-3,5,7-8H2,1H3,(H,17,18). The molecule has 1 aromatic heterocycles. The molecule has 2 heterocycles. The van der Waals surface area contributed by atoms with E-state index < -0.39 is 5.97 Å². The molecule has 2 unspecified atom stereocenters. The Morgan fingerprint density at radius 3 is 2.95 bits per heavy atom. The van der Waals surface area contributed by atoms with Crippen LogP contribution in [0.3, 0.4) is 0 Å². The van der Waals surface area contributed by atoms with Crippen LogP contribution in [0.2, 0.25) is 0 Å². The lowest BCUT2D eigenvalue weighted by molar-refractivity contribution is -0.138. The SMILES string of the molecule is CC(CC(=O)O)CC(=O)N1CCCC1c1ccsc1. The average molecular weight is 281 g/mol. The van der Waals surface area contributed by atoms with Gasteiger partial charge in [0.1, 0.15) is 0 Å². The highest BCUT2D eigenvalue weighted by atomic mass is 32.1. The third kappa shape index (κ3) is 3.56. The Morgan fingerprint density at radius 1 is 1.53 bits per heavy atom. The molecule has 1 aliphatic heterocycles. The third-order valence-corrected chi connectivity index (χ3v) is 4.25. The van der Waals surface area contributed by atoms with E-state index in [0.29, 0.717) is 6.42 Å². The van der Waals surface area contributed by atoms with Crippen molar-refractivity contribution in [3.05, 3.63) is 22.4 Å². The maximum absolute atomic E-state index is 12.3. The highest BCUT2D eigenvalue weighted by Gasteiger charge is 2.30. The molecule has 104 valence electrons. The van der Waals surface area contributed by atoms with Crippen molar-refractivity contribution in [3.8, 4) is 0 Å². The van der Waals surface area contributed by atoms with Gasteiger partial charge in [0.25, 0.3) is 0 Å². The maximum atomic E-state index is 12.3. The number of carboxylic acid groups (broad SMARTS) is 1. The Balaban J connectivity index is 1.96. The number of carbonyl (C=O) groups excluding carboxylic acids is 1. The van der Waals surface area contributed by atoms with Gasteiger partial charge < -0.3 is 10.0 Å². The minimum atomic E-state index is -0.837. The normalized spacial score (nSPS) is 20.5. The zero-order valence-corrected chi connectivity index (χ0v) is 11.9. The molecule has 1 fully saturated rings. The Morgan fingerprint density at radius 2 is 2.32 bits per heavy atom. The topological polar surface area (TPSA) is 57.6 Å². The van der Waals surface area contributed by atoms with Crippen LogP contribution in [-0.4, -0.2) is 28.4 Å². The molecule has 5 heteroatoms. The van der Waals surface area contributed by atoms with Crippen molar-refractivity contribution < 1.29 is 14.7 Å². The molecule has 2 rings (SSSR count). The number of amides is 1. The molecule has 0 aliphatic carbocycles. The van der Waals surface area contributed by atoms with Crippen LogP contribution in [0.1, 0.15) is 44.2 Å². The van der Waals surface area contributed by atoms with E-state index in [0.717, 1.165) is 19.4 Å². The van der Waals surface area contributed by atoms with Gasteiger partial charge in [0.15, 0.2) is 0 Å². The lowest BCUT2D eigenvalue weighted by Crippen LogP contribution is -2.31. The van der Waals surface area contributed by atoms with Gasteiger partial charge in [0.2, 0.25) is 5.91 Å². The van der Waals surface area contributed by atoms with Crippen LogP contribution >= 0.6 is 11.3 Å². The van der Waals surface area contributed by atoms with Gasteiger partial charge in [-0.1, -0.05) is 6.92 Å². The van der Waals surface area contributed by atoms with Crippen molar-refractivity contribution in [2.24, 2.45) is 5.92 Å². The van der Waals surface area contributed by atoms with Crippen LogP contribution in [0.15, 0.2) is 16.8 Å². The molecule has 2 atom stereocenters. The number of hydrogen-bond acceptors (Lipinski definition) is 3. The number of carboxylic acids is 1. The van der Waals surface area contributed by atoms with Gasteiger partial charge in [-0.2, -0.15) is 11.3 Å². The summed E-state index contributed by atoms with van der Waals surface area (Å²) in [5.74, 6) is -0.854. The summed E-state index contributed by atoms with van der Waals surface area (Å²) in [6.45, 7) is 2.61. The van der Waals surface area contributed by atoms with Gasteiger partial charge in [-0.15, -0.1) is 0 Å². The number of rotatable bonds is 5. The Bertz CT molecular complexity index is 444. The number of likely N-dealkylation sites (tertiary alicyclic amines) is 1. The summed E-state index contributed by atoms with van der Waals surface area (Å²) in [5.41, 5.74) is 1.21. The highest BCUT2D eigenvalue weighted by molar-refractivity contribution is 7.07. The van der Waals surface area contributed by atoms with Crippen molar-refractivity contribution in [3.63, 3.8) is 0 Å². The average Bonchev–Trinajstić information content (AvgIpc) is 2.98. The molecule has 1 saturated heterocycles. The summed E-state index contributed by atoms with van der Waals surface area (Å²) in [4.78, 5) is 24.8. The molecule has 0 saturated carbocycles. The van der Waals surface area contributed by atoms with Gasteiger partial charge in [0, 0.05) is 19.4 Å². The minimum Gasteiger partial charge on any atom is -0.481 e. The Labute approximate surface area is 117 Å². The van der Waals surface area contributed by atoms with Gasteiger partial charge >= 0.3 is 5.97 Å². The first-order valence-corrected chi connectivity index (χ1v) is 7.55. The zero-order valence-electron chi connectivity index (χ0n) is 11.0. The summed E-state index contributed by atoms with van der Waals surface area (Å²) in [7, 11) is 0. The summed E-state index contributed by atoms with van der Waals surface area (Å²) >= 11 is 1.65. The second-order valence-corrected chi connectivity index (χ2v) is 5.99. The van der Waals surface area contributed by atoms with E-state index in [1.54, 1.807) is 11.3 Å². The molecule has 1 aliphatic rings. The Kier molecular flexibility index (Phi) is 4.58. The number of carbonyl (C=O) groups is 2. The van der Waals surface area contributed by atoms with Gasteiger partial charge in [-0.3, -0.25) is 9.59 Å². The number of thiophene rings is 1. The first-order chi connectivity index (χ1) is 9.08. The minimum absolute atomic E-state index is 0.0582. The molecule has 0 aromatic carbocycles. The predicted molar refractivity (Wildman–Crippen MR) is 74.0 cm³/mol. The van der Waals surface area contributed by atoms with E-state index in [4.69, 9.17) is 5.11 Å². The largest absolute Gasteiger partial charge is 0.481 e. The van der Waals surface area contributed by atoms with E-state index in [1.165, 1.54) is 5.56 Å².